The van der Waals surface area contributed by atoms with E-state index < -0.39 is 0 Å². The Bertz CT molecular complexity index is 499. The summed E-state index contributed by atoms with van der Waals surface area (Å²) in [4.78, 5) is 17.1. The molecule has 2 rings (SSSR count). The van der Waals surface area contributed by atoms with Gasteiger partial charge in [0.25, 0.3) is 0 Å². The minimum Gasteiger partial charge on any atom is -0.356 e. The highest BCUT2D eigenvalue weighted by Crippen LogP contribution is 2.13. The van der Waals surface area contributed by atoms with Gasteiger partial charge in [0.05, 0.1) is 0 Å². The number of benzene rings is 1. The lowest BCUT2D eigenvalue weighted by Gasteiger charge is -2.35. The molecule has 0 saturated carbocycles. The van der Waals surface area contributed by atoms with Crippen LogP contribution in [0.3, 0.4) is 0 Å². The van der Waals surface area contributed by atoms with Gasteiger partial charge in [-0.1, -0.05) is 44.2 Å². The van der Waals surface area contributed by atoms with Crippen molar-refractivity contribution < 1.29 is 4.79 Å². The van der Waals surface area contributed by atoms with Gasteiger partial charge in [-0.05, 0) is 18.0 Å². The Morgan fingerprint density at radius 3 is 2.19 bits per heavy atom. The fourth-order valence-corrected chi connectivity index (χ4v) is 3.17. The smallest absolute Gasteiger partial charge is 0.221 e. The summed E-state index contributed by atoms with van der Waals surface area (Å²) >= 11 is 0. The topological polar surface area (TPSA) is 61.6 Å². The molecule has 1 heterocycles. The predicted molar refractivity (Wildman–Crippen MR) is 120 cm³/mol. The number of rotatable bonds is 8. The highest BCUT2D eigenvalue weighted by molar-refractivity contribution is 5.86. The van der Waals surface area contributed by atoms with Crippen LogP contribution in [0.4, 0.5) is 0 Å². The largest absolute Gasteiger partial charge is 0.356 e. The summed E-state index contributed by atoms with van der Waals surface area (Å²) in [6, 6.07) is 9.57. The number of amides is 1. The van der Waals surface area contributed by atoms with Crippen LogP contribution in [0.1, 0.15) is 31.9 Å². The van der Waals surface area contributed by atoms with Crippen molar-refractivity contribution in [2.24, 2.45) is 11.7 Å². The van der Waals surface area contributed by atoms with Crippen LogP contribution in [0.25, 0.3) is 0 Å². The summed E-state index contributed by atoms with van der Waals surface area (Å²) in [7, 11) is 0. The number of halogens is 3. The normalized spacial score (nSPS) is 16.9. The van der Waals surface area contributed by atoms with Gasteiger partial charge >= 0.3 is 0 Å². The zero-order valence-electron chi connectivity index (χ0n) is 16.3. The van der Waals surface area contributed by atoms with Crippen LogP contribution in [-0.2, 0) is 4.79 Å². The number of nitrogens with one attached hydrogen (secondary N) is 1. The summed E-state index contributed by atoms with van der Waals surface area (Å²) in [6.07, 6.45) is 0.339. The molecule has 158 valence electrons. The minimum atomic E-state index is -0.233. The van der Waals surface area contributed by atoms with E-state index in [1.54, 1.807) is 0 Å². The fraction of sp³-hybridized carbons (Fsp3) is 0.632. The number of nitrogens with zero attached hydrogens (tertiary/aromatic N) is 2. The zero-order valence-corrected chi connectivity index (χ0v) is 18.8. The van der Waals surface area contributed by atoms with Gasteiger partial charge in [0.2, 0.25) is 5.91 Å². The molecule has 1 aliphatic heterocycles. The lowest BCUT2D eigenvalue weighted by Crippen LogP contribution is -2.48. The van der Waals surface area contributed by atoms with Crippen molar-refractivity contribution in [3.63, 3.8) is 0 Å². The molecule has 1 amide bonds. The van der Waals surface area contributed by atoms with Crippen molar-refractivity contribution in [3.05, 3.63) is 35.9 Å². The molecule has 0 spiro atoms. The van der Waals surface area contributed by atoms with E-state index in [4.69, 9.17) is 5.73 Å². The van der Waals surface area contributed by atoms with Gasteiger partial charge in [0.15, 0.2) is 0 Å². The van der Waals surface area contributed by atoms with Gasteiger partial charge in [-0.25, -0.2) is 0 Å². The second kappa shape index (κ2) is 15.4. The van der Waals surface area contributed by atoms with E-state index in [0.29, 0.717) is 18.9 Å². The first-order valence-electron chi connectivity index (χ1n) is 9.10. The van der Waals surface area contributed by atoms with Crippen LogP contribution >= 0.6 is 37.2 Å². The first kappa shape index (κ1) is 28.6. The van der Waals surface area contributed by atoms with Gasteiger partial charge in [0.1, 0.15) is 0 Å². The van der Waals surface area contributed by atoms with Crippen LogP contribution in [0, 0.1) is 5.92 Å². The molecule has 0 aromatic heterocycles. The Morgan fingerprint density at radius 2 is 1.63 bits per heavy atom. The van der Waals surface area contributed by atoms with Crippen molar-refractivity contribution in [1.82, 2.24) is 15.1 Å². The molecule has 5 nitrogen and oxygen atoms in total. The number of carbonyl (C=O) groups is 1. The first-order chi connectivity index (χ1) is 11.6. The van der Waals surface area contributed by atoms with E-state index in [9.17, 15) is 4.79 Å². The second-order valence-electron chi connectivity index (χ2n) is 6.87. The second-order valence-corrected chi connectivity index (χ2v) is 6.87. The van der Waals surface area contributed by atoms with Crippen LogP contribution in [0.5, 0.6) is 0 Å². The lowest BCUT2D eigenvalue weighted by atomic mass is 10.0. The van der Waals surface area contributed by atoms with Crippen molar-refractivity contribution in [1.29, 1.82) is 0 Å². The molecular weight excluding hydrogens is 407 g/mol. The van der Waals surface area contributed by atoms with E-state index in [1.807, 2.05) is 30.3 Å². The number of piperazine rings is 1. The summed E-state index contributed by atoms with van der Waals surface area (Å²) < 4.78 is 0. The van der Waals surface area contributed by atoms with Crippen LogP contribution in [-0.4, -0.2) is 61.5 Å². The molecule has 0 bridgehead atoms. The fourth-order valence-electron chi connectivity index (χ4n) is 3.17. The minimum absolute atomic E-state index is 0. The van der Waals surface area contributed by atoms with Crippen LogP contribution in [0.15, 0.2) is 30.3 Å². The predicted octanol–water partition coefficient (Wildman–Crippen LogP) is 2.73. The third kappa shape index (κ3) is 10.5. The van der Waals surface area contributed by atoms with Crippen molar-refractivity contribution in [2.75, 3.05) is 45.8 Å². The van der Waals surface area contributed by atoms with Crippen molar-refractivity contribution in [2.45, 2.75) is 26.3 Å². The van der Waals surface area contributed by atoms with E-state index in [1.165, 1.54) is 0 Å². The number of nitrogens with two attached hydrogens (primary N) is 1. The average molecular weight is 442 g/mol. The Hall–Kier alpha value is -0.560. The third-order valence-electron chi connectivity index (χ3n) is 4.76. The van der Waals surface area contributed by atoms with Gasteiger partial charge in [-0.15, -0.1) is 37.2 Å². The number of hydrogen-bond acceptors (Lipinski definition) is 4. The number of carbonyl (C=O) groups excluding carboxylic acids is 1. The summed E-state index contributed by atoms with van der Waals surface area (Å²) in [6.45, 7) is 11.9. The molecule has 0 aliphatic carbocycles. The molecule has 8 heteroatoms. The maximum atomic E-state index is 12.1. The SMILES string of the molecule is CCN1CCN(CC(C)CNC(=O)CC(N)c2ccccc2)CC1.Cl.Cl.Cl. The molecular formula is C19H35Cl3N4O. The number of hydrogen-bond donors (Lipinski definition) is 2. The van der Waals surface area contributed by atoms with Gasteiger partial charge in [0, 0.05) is 51.7 Å². The Morgan fingerprint density at radius 1 is 1.07 bits per heavy atom. The molecule has 2 unspecified atom stereocenters. The van der Waals surface area contributed by atoms with Crippen molar-refractivity contribution >= 4 is 43.1 Å². The van der Waals surface area contributed by atoms with Gasteiger partial charge in [-0.2, -0.15) is 0 Å². The van der Waals surface area contributed by atoms with Crippen LogP contribution < -0.4 is 11.1 Å². The maximum absolute atomic E-state index is 12.1. The van der Waals surface area contributed by atoms with Gasteiger partial charge in [-0.3, -0.25) is 4.79 Å². The lowest BCUT2D eigenvalue weighted by molar-refractivity contribution is -0.121. The number of likely N-dealkylation sites (N-methyl/N-ethyl adjacent to an activating group) is 1. The molecule has 1 aromatic carbocycles. The quantitative estimate of drug-likeness (QED) is 0.651. The molecule has 1 aromatic rings. The average Bonchev–Trinajstić information content (AvgIpc) is 2.61. The van der Waals surface area contributed by atoms with Crippen molar-refractivity contribution in [3.8, 4) is 0 Å². The molecule has 0 radical (unpaired) electrons. The summed E-state index contributed by atoms with van der Waals surface area (Å²) in [5.74, 6) is 0.490. The molecule has 3 N–H and O–H groups in total. The van der Waals surface area contributed by atoms with Crippen LogP contribution in [0.2, 0.25) is 0 Å². The Kier molecular flexibility index (Phi) is 16.3. The third-order valence-corrected chi connectivity index (χ3v) is 4.76. The highest BCUT2D eigenvalue weighted by atomic mass is 35.5. The summed E-state index contributed by atoms with van der Waals surface area (Å²) in [5, 5.41) is 3.04. The van der Waals surface area contributed by atoms with E-state index >= 15 is 0 Å². The zero-order chi connectivity index (χ0) is 17.4. The maximum Gasteiger partial charge on any atom is 0.221 e. The Balaban J connectivity index is 0. The first-order valence-corrected chi connectivity index (χ1v) is 9.10. The monoisotopic (exact) mass is 440 g/mol. The highest BCUT2D eigenvalue weighted by Gasteiger charge is 2.18. The van der Waals surface area contributed by atoms with E-state index in [0.717, 1.165) is 44.8 Å². The van der Waals surface area contributed by atoms with E-state index in [2.05, 4.69) is 29.0 Å². The summed E-state index contributed by atoms with van der Waals surface area (Å²) in [5.41, 5.74) is 7.11. The molecule has 27 heavy (non-hydrogen) atoms. The Labute approximate surface area is 182 Å². The molecule has 2 atom stereocenters. The molecule has 1 aliphatic rings. The van der Waals surface area contributed by atoms with E-state index in [-0.39, 0.29) is 49.2 Å². The molecule has 1 saturated heterocycles. The standard InChI is InChI=1S/C19H32N4O.3ClH/c1-3-22-9-11-23(12-10-22)15-16(2)14-21-19(24)13-18(20)17-7-5-4-6-8-17;;;/h4-8,16,18H,3,9-15,20H2,1-2H3,(H,21,24);3*1H. The van der Waals surface area contributed by atoms with Gasteiger partial charge < -0.3 is 20.9 Å². The molecule has 1 fully saturated rings.